The van der Waals surface area contributed by atoms with E-state index in [9.17, 15) is 0 Å². The molecule has 1 aliphatic heterocycles. The first-order valence-electron chi connectivity index (χ1n) is 9.59. The van der Waals surface area contributed by atoms with E-state index in [1.54, 1.807) is 0 Å². The van der Waals surface area contributed by atoms with Gasteiger partial charge >= 0.3 is 0 Å². The van der Waals surface area contributed by atoms with Crippen molar-refractivity contribution in [2.45, 2.75) is 0 Å². The number of benzene rings is 4. The van der Waals surface area contributed by atoms with Crippen molar-refractivity contribution in [2.75, 3.05) is 23.9 Å². The van der Waals surface area contributed by atoms with Gasteiger partial charge in [-0.15, -0.1) is 0 Å². The van der Waals surface area contributed by atoms with E-state index in [4.69, 9.17) is 0 Å². The van der Waals surface area contributed by atoms with Crippen LogP contribution in [0.5, 0.6) is 0 Å². The third kappa shape index (κ3) is 2.66. The third-order valence-corrected chi connectivity index (χ3v) is 5.61. The van der Waals surface area contributed by atoms with Gasteiger partial charge in [0.25, 0.3) is 0 Å². The molecule has 2 nitrogen and oxygen atoms in total. The molecule has 0 saturated heterocycles. The van der Waals surface area contributed by atoms with Gasteiger partial charge in [0, 0.05) is 14.1 Å². The molecule has 4 aromatic rings. The van der Waals surface area contributed by atoms with Crippen molar-refractivity contribution in [3.05, 3.63) is 97.1 Å². The normalized spacial score (nSPS) is 12.5. The van der Waals surface area contributed by atoms with Gasteiger partial charge < -0.3 is 9.80 Å². The van der Waals surface area contributed by atoms with E-state index in [2.05, 4.69) is 121 Å². The second-order valence-electron chi connectivity index (χ2n) is 7.26. The summed E-state index contributed by atoms with van der Waals surface area (Å²) in [5.74, 6) is 0. The summed E-state index contributed by atoms with van der Waals surface area (Å²) in [6.45, 7) is 0. The highest BCUT2D eigenvalue weighted by atomic mass is 15.2. The average molecular weight is 362 g/mol. The van der Waals surface area contributed by atoms with E-state index in [1.165, 1.54) is 45.0 Å². The van der Waals surface area contributed by atoms with Crippen LogP contribution in [0, 0.1) is 0 Å². The highest BCUT2D eigenvalue weighted by molar-refractivity contribution is 5.95. The molecule has 5 rings (SSSR count). The van der Waals surface area contributed by atoms with Crippen molar-refractivity contribution in [2.24, 2.45) is 0 Å². The predicted molar refractivity (Wildman–Crippen MR) is 120 cm³/mol. The second kappa shape index (κ2) is 6.58. The van der Waals surface area contributed by atoms with E-state index in [0.717, 1.165) is 0 Å². The molecule has 28 heavy (non-hydrogen) atoms. The maximum absolute atomic E-state index is 2.30. The zero-order valence-corrected chi connectivity index (χ0v) is 16.1. The van der Waals surface area contributed by atoms with Gasteiger partial charge in [-0.3, -0.25) is 0 Å². The van der Waals surface area contributed by atoms with E-state index >= 15 is 0 Å². The molecule has 2 heteroatoms. The van der Waals surface area contributed by atoms with Crippen LogP contribution in [-0.2, 0) is 0 Å². The van der Waals surface area contributed by atoms with E-state index < -0.39 is 0 Å². The molecule has 0 saturated carbocycles. The Morgan fingerprint density at radius 1 is 0.393 bits per heavy atom. The maximum atomic E-state index is 2.30. The van der Waals surface area contributed by atoms with E-state index in [-0.39, 0.29) is 0 Å². The molecule has 0 spiro atoms. The lowest BCUT2D eigenvalue weighted by Gasteiger charge is -2.37. The Morgan fingerprint density at radius 2 is 0.786 bits per heavy atom. The summed E-state index contributed by atoms with van der Waals surface area (Å²) in [7, 11) is 4.31. The smallest absolute Gasteiger partial charge is 0.0656 e. The van der Waals surface area contributed by atoms with Gasteiger partial charge in [0.2, 0.25) is 0 Å². The number of anilines is 4. The molecule has 1 aliphatic rings. The molecule has 0 bridgehead atoms. The van der Waals surface area contributed by atoms with Gasteiger partial charge in [-0.05, 0) is 46.5 Å². The summed E-state index contributed by atoms with van der Waals surface area (Å²) in [5.41, 5.74) is 9.86. The van der Waals surface area contributed by atoms with Crippen LogP contribution in [-0.4, -0.2) is 14.1 Å². The quantitative estimate of drug-likeness (QED) is 0.384. The zero-order valence-electron chi connectivity index (χ0n) is 16.1. The number of hydrogen-bond donors (Lipinski definition) is 0. The monoisotopic (exact) mass is 362 g/mol. The fourth-order valence-corrected chi connectivity index (χ4v) is 4.03. The van der Waals surface area contributed by atoms with Crippen molar-refractivity contribution < 1.29 is 0 Å². The van der Waals surface area contributed by atoms with Crippen LogP contribution in [0.15, 0.2) is 97.1 Å². The molecule has 0 aliphatic carbocycles. The summed E-state index contributed by atoms with van der Waals surface area (Å²) < 4.78 is 0. The van der Waals surface area contributed by atoms with E-state index in [1.807, 2.05) is 0 Å². The Morgan fingerprint density at radius 3 is 1.18 bits per heavy atom. The first-order valence-corrected chi connectivity index (χ1v) is 9.59. The van der Waals surface area contributed by atoms with Crippen LogP contribution in [0.3, 0.4) is 0 Å². The standard InChI is InChI=1S/C26H22N2/c1-27-23-15-13-22(20-11-7-4-8-12-20)18-26(23)28(2)24-16-14-21(17-25(24)27)19-9-5-3-6-10-19/h3-18H,1-2H3. The van der Waals surface area contributed by atoms with Crippen LogP contribution < -0.4 is 9.80 Å². The Kier molecular flexibility index (Phi) is 3.91. The molecule has 136 valence electrons. The predicted octanol–water partition coefficient (Wildman–Crippen LogP) is 6.87. The SMILES string of the molecule is CN1c2ccc(-c3ccccc3)cc2N(C)c2ccc(-c3ccccc3)cc21. The first kappa shape index (κ1) is 16.6. The minimum atomic E-state index is 1.22. The highest BCUT2D eigenvalue weighted by Gasteiger charge is 2.24. The van der Waals surface area contributed by atoms with Gasteiger partial charge in [0.15, 0.2) is 0 Å². The summed E-state index contributed by atoms with van der Waals surface area (Å²) in [5, 5.41) is 0. The van der Waals surface area contributed by atoms with Crippen LogP contribution in [0.4, 0.5) is 22.7 Å². The highest BCUT2D eigenvalue weighted by Crippen LogP contribution is 2.48. The summed E-state index contributed by atoms with van der Waals surface area (Å²) in [6.07, 6.45) is 0. The lowest BCUT2D eigenvalue weighted by Crippen LogP contribution is -2.24. The van der Waals surface area contributed by atoms with Crippen LogP contribution >= 0.6 is 0 Å². The lowest BCUT2D eigenvalue weighted by molar-refractivity contribution is 1.10. The zero-order chi connectivity index (χ0) is 19.1. The fourth-order valence-electron chi connectivity index (χ4n) is 4.03. The summed E-state index contributed by atoms with van der Waals surface area (Å²) in [6, 6.07) is 34.6. The number of hydrogen-bond acceptors (Lipinski definition) is 2. The number of nitrogens with zero attached hydrogens (tertiary/aromatic N) is 2. The van der Waals surface area contributed by atoms with Gasteiger partial charge in [0.1, 0.15) is 0 Å². The van der Waals surface area contributed by atoms with Crippen LogP contribution in [0.1, 0.15) is 0 Å². The first-order chi connectivity index (χ1) is 13.7. The van der Waals surface area contributed by atoms with E-state index in [0.29, 0.717) is 0 Å². The Hall–Kier alpha value is -3.52. The maximum Gasteiger partial charge on any atom is 0.0656 e. The van der Waals surface area contributed by atoms with Gasteiger partial charge in [-0.2, -0.15) is 0 Å². The average Bonchev–Trinajstić information content (AvgIpc) is 2.78. The minimum Gasteiger partial charge on any atom is -0.341 e. The molecule has 0 aromatic heterocycles. The molecule has 0 unspecified atom stereocenters. The number of rotatable bonds is 2. The molecule has 1 heterocycles. The minimum absolute atomic E-state index is 1.22. The van der Waals surface area contributed by atoms with Crippen molar-refractivity contribution >= 4 is 22.7 Å². The Balaban J connectivity index is 1.60. The van der Waals surface area contributed by atoms with Crippen LogP contribution in [0.25, 0.3) is 22.3 Å². The molecular weight excluding hydrogens is 340 g/mol. The molecule has 4 aromatic carbocycles. The molecule has 0 fully saturated rings. The lowest BCUT2D eigenvalue weighted by atomic mass is 9.99. The van der Waals surface area contributed by atoms with Crippen molar-refractivity contribution in [3.63, 3.8) is 0 Å². The van der Waals surface area contributed by atoms with Gasteiger partial charge in [-0.1, -0.05) is 72.8 Å². The molecule has 0 amide bonds. The number of fused-ring (bicyclic) bond motifs is 2. The molecule has 0 atom stereocenters. The van der Waals surface area contributed by atoms with Gasteiger partial charge in [-0.25, -0.2) is 0 Å². The van der Waals surface area contributed by atoms with Gasteiger partial charge in [0.05, 0.1) is 22.7 Å². The molecular formula is C26H22N2. The fraction of sp³-hybridized carbons (Fsp3) is 0.0769. The van der Waals surface area contributed by atoms with Crippen molar-refractivity contribution in [3.8, 4) is 22.3 Å². The third-order valence-electron chi connectivity index (χ3n) is 5.61. The molecule has 0 N–H and O–H groups in total. The topological polar surface area (TPSA) is 6.48 Å². The second-order valence-corrected chi connectivity index (χ2v) is 7.26. The van der Waals surface area contributed by atoms with Crippen molar-refractivity contribution in [1.82, 2.24) is 0 Å². The Bertz CT molecular complexity index is 1040. The van der Waals surface area contributed by atoms with Crippen molar-refractivity contribution in [1.29, 1.82) is 0 Å². The largest absolute Gasteiger partial charge is 0.341 e. The summed E-state index contributed by atoms with van der Waals surface area (Å²) >= 11 is 0. The Labute approximate surface area is 166 Å². The summed E-state index contributed by atoms with van der Waals surface area (Å²) in [4.78, 5) is 4.60. The molecule has 0 radical (unpaired) electrons. The van der Waals surface area contributed by atoms with Crippen LogP contribution in [0.2, 0.25) is 0 Å².